The van der Waals surface area contributed by atoms with Gasteiger partial charge in [-0.1, -0.05) is 48.1 Å². The molecule has 0 unspecified atom stereocenters. The minimum Gasteiger partial charge on any atom is -0.481 e. The molecule has 84 valence electrons. The number of carbonyl (C=O) groups is 2. The molecule has 0 saturated heterocycles. The summed E-state index contributed by atoms with van der Waals surface area (Å²) in [5, 5.41) is 15.9. The van der Waals surface area contributed by atoms with E-state index in [2.05, 4.69) is 0 Å². The first-order chi connectivity index (χ1) is 6.21. The maximum absolute atomic E-state index is 9.76. The van der Waals surface area contributed by atoms with Gasteiger partial charge in [-0.3, -0.25) is 4.79 Å². The molecule has 0 amide bonds. The highest BCUT2D eigenvalue weighted by atomic mass is 35.6. The first kappa shape index (κ1) is 16.2. The number of rotatable bonds is 3. The van der Waals surface area contributed by atoms with Crippen LogP contribution in [0.5, 0.6) is 0 Å². The van der Waals surface area contributed by atoms with Crippen molar-refractivity contribution in [2.24, 2.45) is 0 Å². The third kappa shape index (κ3) is 14.3. The lowest BCUT2D eigenvalue weighted by atomic mass is 10.3. The van der Waals surface area contributed by atoms with Gasteiger partial charge in [0.2, 0.25) is 0 Å². The Kier molecular flexibility index (Phi) is 9.45. The Morgan fingerprint density at radius 2 is 1.57 bits per heavy atom. The number of hydrogen-bond donors (Lipinski definition) is 2. The predicted octanol–water partition coefficient (Wildman–Crippen LogP) is 2.70. The Morgan fingerprint density at radius 1 is 1.21 bits per heavy atom. The fourth-order valence-electron chi connectivity index (χ4n) is 0.328. The van der Waals surface area contributed by atoms with Crippen LogP contribution in [-0.4, -0.2) is 25.9 Å². The molecule has 0 fully saturated rings. The van der Waals surface area contributed by atoms with E-state index in [4.69, 9.17) is 45.0 Å². The summed E-state index contributed by atoms with van der Waals surface area (Å²) in [5.74, 6) is -2.15. The number of halogens is 3. The highest BCUT2D eigenvalue weighted by Crippen LogP contribution is 2.25. The van der Waals surface area contributed by atoms with Crippen LogP contribution in [0.2, 0.25) is 0 Å². The molecule has 0 aliphatic heterocycles. The molecule has 0 aliphatic carbocycles. The van der Waals surface area contributed by atoms with Crippen LogP contribution in [0.1, 0.15) is 26.2 Å². The monoisotopic (exact) mass is 264 g/mol. The quantitative estimate of drug-likeness (QED) is 0.769. The van der Waals surface area contributed by atoms with Crippen LogP contribution in [0.4, 0.5) is 0 Å². The second-order valence-electron chi connectivity index (χ2n) is 2.30. The fourth-order valence-corrected chi connectivity index (χ4v) is 0.328. The molecule has 0 atom stereocenters. The van der Waals surface area contributed by atoms with Crippen molar-refractivity contribution >= 4 is 46.7 Å². The highest BCUT2D eigenvalue weighted by Gasteiger charge is 2.29. The van der Waals surface area contributed by atoms with Crippen molar-refractivity contribution in [3.8, 4) is 0 Å². The Hall–Kier alpha value is -0.190. The molecule has 0 radical (unpaired) electrons. The van der Waals surface area contributed by atoms with Crippen molar-refractivity contribution in [3.05, 3.63) is 0 Å². The molecule has 0 rings (SSSR count). The predicted molar refractivity (Wildman–Crippen MR) is 55.1 cm³/mol. The van der Waals surface area contributed by atoms with E-state index in [1.807, 2.05) is 6.92 Å². The van der Waals surface area contributed by atoms with Crippen molar-refractivity contribution < 1.29 is 19.8 Å². The minimum atomic E-state index is -2.17. The van der Waals surface area contributed by atoms with E-state index >= 15 is 0 Å². The molecular weight excluding hydrogens is 254 g/mol. The number of carboxylic acids is 2. The molecule has 0 spiro atoms. The van der Waals surface area contributed by atoms with Crippen LogP contribution in [0, 0.1) is 0 Å². The van der Waals surface area contributed by atoms with Gasteiger partial charge in [-0.2, -0.15) is 0 Å². The summed E-state index contributed by atoms with van der Waals surface area (Å²) in [6, 6.07) is 0. The van der Waals surface area contributed by atoms with Crippen LogP contribution in [-0.2, 0) is 9.59 Å². The van der Waals surface area contributed by atoms with Gasteiger partial charge in [-0.05, 0) is 6.42 Å². The lowest BCUT2D eigenvalue weighted by Gasteiger charge is -1.99. The van der Waals surface area contributed by atoms with E-state index in [1.165, 1.54) is 0 Å². The van der Waals surface area contributed by atoms with E-state index < -0.39 is 15.7 Å². The average Bonchev–Trinajstić information content (AvgIpc) is 2.00. The molecule has 7 heteroatoms. The summed E-state index contributed by atoms with van der Waals surface area (Å²) in [6.45, 7) is 1.98. The summed E-state index contributed by atoms with van der Waals surface area (Å²) in [4.78, 5) is 19.4. The summed E-state index contributed by atoms with van der Waals surface area (Å²) in [5.41, 5.74) is 0. The first-order valence-corrected chi connectivity index (χ1v) is 4.87. The number of hydrogen-bond acceptors (Lipinski definition) is 2. The topological polar surface area (TPSA) is 74.6 Å². The average molecular weight is 266 g/mol. The normalized spacial score (nSPS) is 10.0. The third-order valence-electron chi connectivity index (χ3n) is 0.987. The van der Waals surface area contributed by atoms with E-state index in [-0.39, 0.29) is 0 Å². The largest absolute Gasteiger partial charge is 0.481 e. The van der Waals surface area contributed by atoms with Gasteiger partial charge in [0.15, 0.2) is 0 Å². The maximum Gasteiger partial charge on any atom is 0.356 e. The zero-order valence-corrected chi connectivity index (χ0v) is 9.73. The molecule has 0 heterocycles. The summed E-state index contributed by atoms with van der Waals surface area (Å²) >= 11 is 14.4. The smallest absolute Gasteiger partial charge is 0.356 e. The van der Waals surface area contributed by atoms with Gasteiger partial charge >= 0.3 is 11.9 Å². The van der Waals surface area contributed by atoms with Gasteiger partial charge in [0.25, 0.3) is 3.79 Å². The Bertz CT molecular complexity index is 188. The Balaban J connectivity index is 0. The summed E-state index contributed by atoms with van der Waals surface area (Å²) in [7, 11) is 0. The molecular formula is C7H11Cl3O4. The second-order valence-corrected chi connectivity index (χ2v) is 4.58. The SMILES string of the molecule is CCCCC(=O)O.O=C(O)C(Cl)(Cl)Cl. The second kappa shape index (κ2) is 8.15. The third-order valence-corrected chi connectivity index (χ3v) is 1.47. The van der Waals surface area contributed by atoms with Crippen LogP contribution in [0.3, 0.4) is 0 Å². The zero-order chi connectivity index (χ0) is 11.8. The molecule has 4 nitrogen and oxygen atoms in total. The standard InChI is InChI=1S/C5H10O2.C2HCl3O2/c1-2-3-4-5(6)7;3-2(4,5)1(6)7/h2-4H2,1H3,(H,6,7);(H,6,7). The van der Waals surface area contributed by atoms with E-state index in [1.54, 1.807) is 0 Å². The molecule has 0 aromatic carbocycles. The molecule has 0 saturated carbocycles. The van der Waals surface area contributed by atoms with Crippen molar-refractivity contribution in [3.63, 3.8) is 0 Å². The molecule has 0 aliphatic rings. The fraction of sp³-hybridized carbons (Fsp3) is 0.714. The maximum atomic E-state index is 9.76. The number of unbranched alkanes of at least 4 members (excludes halogenated alkanes) is 1. The Morgan fingerprint density at radius 3 is 1.64 bits per heavy atom. The summed E-state index contributed by atoms with van der Waals surface area (Å²) < 4.78 is -2.17. The highest BCUT2D eigenvalue weighted by molar-refractivity contribution is 6.75. The van der Waals surface area contributed by atoms with Crippen molar-refractivity contribution in [1.29, 1.82) is 0 Å². The van der Waals surface area contributed by atoms with E-state index in [0.29, 0.717) is 6.42 Å². The number of aliphatic carboxylic acids is 2. The Labute approximate surface area is 96.8 Å². The van der Waals surface area contributed by atoms with Crippen LogP contribution >= 0.6 is 34.8 Å². The molecule has 2 N–H and O–H groups in total. The lowest BCUT2D eigenvalue weighted by molar-refractivity contribution is -0.137. The van der Waals surface area contributed by atoms with Gasteiger partial charge in [0.1, 0.15) is 0 Å². The van der Waals surface area contributed by atoms with Crippen molar-refractivity contribution in [2.45, 2.75) is 30.0 Å². The van der Waals surface area contributed by atoms with Crippen LogP contribution in [0.15, 0.2) is 0 Å². The molecule has 0 aromatic rings. The van der Waals surface area contributed by atoms with Crippen molar-refractivity contribution in [2.75, 3.05) is 0 Å². The molecule has 0 bridgehead atoms. The molecule has 0 aromatic heterocycles. The van der Waals surface area contributed by atoms with Gasteiger partial charge in [-0.15, -0.1) is 0 Å². The van der Waals surface area contributed by atoms with E-state index in [9.17, 15) is 9.59 Å². The van der Waals surface area contributed by atoms with Gasteiger partial charge < -0.3 is 10.2 Å². The molecule has 14 heavy (non-hydrogen) atoms. The van der Waals surface area contributed by atoms with Gasteiger partial charge in [0.05, 0.1) is 0 Å². The first-order valence-electron chi connectivity index (χ1n) is 3.73. The summed E-state index contributed by atoms with van der Waals surface area (Å²) in [6.07, 6.45) is 2.08. The van der Waals surface area contributed by atoms with Crippen LogP contribution in [0.25, 0.3) is 0 Å². The van der Waals surface area contributed by atoms with Gasteiger partial charge in [-0.25, -0.2) is 4.79 Å². The lowest BCUT2D eigenvalue weighted by Crippen LogP contribution is -2.16. The van der Waals surface area contributed by atoms with Crippen LogP contribution < -0.4 is 0 Å². The minimum absolute atomic E-state index is 0.316. The van der Waals surface area contributed by atoms with Gasteiger partial charge in [0, 0.05) is 6.42 Å². The number of carboxylic acid groups (broad SMARTS) is 2. The van der Waals surface area contributed by atoms with Crippen molar-refractivity contribution in [1.82, 2.24) is 0 Å². The zero-order valence-electron chi connectivity index (χ0n) is 7.47. The van der Waals surface area contributed by atoms with E-state index in [0.717, 1.165) is 12.8 Å². The number of alkyl halides is 3.